The van der Waals surface area contributed by atoms with Crippen molar-refractivity contribution in [3.05, 3.63) is 71.9 Å². The molecule has 0 amide bonds. The van der Waals surface area contributed by atoms with E-state index in [4.69, 9.17) is 9.37 Å². The summed E-state index contributed by atoms with van der Waals surface area (Å²) >= 11 is 0. The third-order valence-electron chi connectivity index (χ3n) is 4.86. The summed E-state index contributed by atoms with van der Waals surface area (Å²) in [5, 5.41) is 22.1. The molecular weight excluding hydrogens is 450 g/mol. The average Bonchev–Trinajstić information content (AvgIpc) is 3.54. The minimum atomic E-state index is -0.389. The molecule has 0 fully saturated rings. The summed E-state index contributed by atoms with van der Waals surface area (Å²) in [5.41, 5.74) is 6.94. The summed E-state index contributed by atoms with van der Waals surface area (Å²) in [5.74, 6) is 0.244. The van der Waals surface area contributed by atoms with E-state index in [1.54, 1.807) is 43.6 Å². The summed E-state index contributed by atoms with van der Waals surface area (Å²) in [6.07, 6.45) is 3.37. The van der Waals surface area contributed by atoms with Gasteiger partial charge in [-0.3, -0.25) is 10.5 Å². The number of carbonyl (C=O) groups excluding carboxylic acids is 1. The molecule has 0 aliphatic rings. The Hall–Kier alpha value is -5.13. The third-order valence-corrected chi connectivity index (χ3v) is 4.86. The SMILES string of the molecule is CCOC(=O)c1ccc(Nc2nc3nonc3nc2NN=Cc2c[nH]nc2-c2ccccc2)cc1. The van der Waals surface area contributed by atoms with Crippen molar-refractivity contribution >= 4 is 40.8 Å². The molecule has 0 aliphatic heterocycles. The number of nitrogens with one attached hydrogen (secondary N) is 3. The second-order valence-electron chi connectivity index (χ2n) is 7.18. The first-order valence-electron chi connectivity index (χ1n) is 10.6. The van der Waals surface area contributed by atoms with Crippen molar-refractivity contribution in [2.75, 3.05) is 17.3 Å². The van der Waals surface area contributed by atoms with Crippen molar-refractivity contribution in [1.82, 2.24) is 30.5 Å². The number of fused-ring (bicyclic) bond motifs is 1. The number of carbonyl (C=O) groups is 1. The first-order chi connectivity index (χ1) is 17.2. The number of anilines is 3. The number of hydrogen-bond donors (Lipinski definition) is 3. The van der Waals surface area contributed by atoms with Gasteiger partial charge in [0.15, 0.2) is 11.6 Å². The normalized spacial score (nSPS) is 11.1. The highest BCUT2D eigenvalue weighted by molar-refractivity contribution is 5.90. The molecule has 0 saturated carbocycles. The fourth-order valence-corrected chi connectivity index (χ4v) is 3.23. The quantitative estimate of drug-likeness (QED) is 0.174. The Labute approximate surface area is 198 Å². The topological polar surface area (TPSA) is 156 Å². The van der Waals surface area contributed by atoms with E-state index in [1.807, 2.05) is 30.3 Å². The highest BCUT2D eigenvalue weighted by Gasteiger charge is 2.14. The van der Waals surface area contributed by atoms with E-state index in [0.29, 0.717) is 29.5 Å². The van der Waals surface area contributed by atoms with Crippen LogP contribution in [0.15, 0.2) is 70.5 Å². The van der Waals surface area contributed by atoms with Gasteiger partial charge in [-0.2, -0.15) is 15.2 Å². The van der Waals surface area contributed by atoms with Crippen molar-refractivity contribution < 1.29 is 14.2 Å². The summed E-state index contributed by atoms with van der Waals surface area (Å²) in [4.78, 5) is 20.7. The van der Waals surface area contributed by atoms with Gasteiger partial charge in [-0.05, 0) is 41.5 Å². The van der Waals surface area contributed by atoms with Crippen LogP contribution in [-0.4, -0.2) is 49.3 Å². The molecule has 0 radical (unpaired) electrons. The zero-order valence-electron chi connectivity index (χ0n) is 18.5. The van der Waals surface area contributed by atoms with Crippen LogP contribution in [0.1, 0.15) is 22.8 Å². The minimum Gasteiger partial charge on any atom is -0.462 e. The Kier molecular flexibility index (Phi) is 6.07. The summed E-state index contributed by atoms with van der Waals surface area (Å²) in [6, 6.07) is 16.5. The average molecular weight is 469 g/mol. The maximum Gasteiger partial charge on any atom is 0.338 e. The van der Waals surface area contributed by atoms with E-state index in [2.05, 4.69) is 46.3 Å². The maximum absolute atomic E-state index is 11.9. The lowest BCUT2D eigenvalue weighted by Crippen LogP contribution is -2.05. The molecule has 3 aromatic heterocycles. The second-order valence-corrected chi connectivity index (χ2v) is 7.18. The van der Waals surface area contributed by atoms with Gasteiger partial charge in [-0.25, -0.2) is 14.4 Å². The molecule has 5 rings (SSSR count). The maximum atomic E-state index is 11.9. The number of aromatic amines is 1. The molecule has 0 spiro atoms. The molecule has 0 atom stereocenters. The van der Waals surface area contributed by atoms with Crippen LogP contribution in [0.5, 0.6) is 0 Å². The number of hydrogen-bond acceptors (Lipinski definition) is 11. The van der Waals surface area contributed by atoms with Crippen molar-refractivity contribution in [3.63, 3.8) is 0 Å². The molecule has 3 heterocycles. The Morgan fingerprint density at radius 1 is 1.06 bits per heavy atom. The molecule has 35 heavy (non-hydrogen) atoms. The van der Waals surface area contributed by atoms with Gasteiger partial charge < -0.3 is 10.1 Å². The first-order valence-corrected chi connectivity index (χ1v) is 10.6. The summed E-state index contributed by atoms with van der Waals surface area (Å²) in [6.45, 7) is 2.06. The van der Waals surface area contributed by atoms with Crippen LogP contribution in [0, 0.1) is 0 Å². The van der Waals surface area contributed by atoms with Gasteiger partial charge in [0.05, 0.1) is 18.4 Å². The van der Waals surface area contributed by atoms with Crippen LogP contribution in [0.3, 0.4) is 0 Å². The molecular formula is C23H19N9O3. The van der Waals surface area contributed by atoms with Crippen molar-refractivity contribution in [1.29, 1.82) is 0 Å². The molecule has 2 aromatic carbocycles. The smallest absolute Gasteiger partial charge is 0.338 e. The van der Waals surface area contributed by atoms with Gasteiger partial charge in [0.25, 0.3) is 0 Å². The van der Waals surface area contributed by atoms with Crippen molar-refractivity contribution in [3.8, 4) is 11.3 Å². The number of hydrazone groups is 1. The van der Waals surface area contributed by atoms with Gasteiger partial charge in [0.2, 0.25) is 11.3 Å². The Morgan fingerprint density at radius 3 is 2.54 bits per heavy atom. The van der Waals surface area contributed by atoms with Crippen LogP contribution in [0.4, 0.5) is 17.3 Å². The number of aromatic nitrogens is 6. The Bertz CT molecular complexity index is 1480. The van der Waals surface area contributed by atoms with Crippen LogP contribution >= 0.6 is 0 Å². The van der Waals surface area contributed by atoms with Gasteiger partial charge in [-0.1, -0.05) is 30.3 Å². The largest absolute Gasteiger partial charge is 0.462 e. The van der Waals surface area contributed by atoms with Crippen LogP contribution in [0.2, 0.25) is 0 Å². The fraction of sp³-hybridized carbons (Fsp3) is 0.0870. The van der Waals surface area contributed by atoms with Crippen LogP contribution < -0.4 is 10.7 Å². The monoisotopic (exact) mass is 469 g/mol. The highest BCUT2D eigenvalue weighted by Crippen LogP contribution is 2.24. The van der Waals surface area contributed by atoms with Crippen LogP contribution in [0.25, 0.3) is 22.6 Å². The van der Waals surface area contributed by atoms with Gasteiger partial charge in [-0.15, -0.1) is 0 Å². The van der Waals surface area contributed by atoms with E-state index in [1.165, 1.54) is 0 Å². The standard InChI is InChI=1S/C23H19N9O3/c1-2-34-23(33)15-8-10-17(11-9-15)26-19-20(28-22-21(27-19)31-35-32-22)30-25-13-16-12-24-29-18(16)14-6-4-3-5-7-14/h3-13H,2H2,1H3,(H,24,29)(H,26,27,31)(H,28,30,32). The molecule has 12 heteroatoms. The number of esters is 1. The number of ether oxygens (including phenoxy) is 1. The number of H-pyrrole nitrogens is 1. The van der Waals surface area contributed by atoms with E-state index in [0.717, 1.165) is 16.8 Å². The summed E-state index contributed by atoms with van der Waals surface area (Å²) in [7, 11) is 0. The Morgan fingerprint density at radius 2 is 1.80 bits per heavy atom. The van der Waals surface area contributed by atoms with Crippen molar-refractivity contribution in [2.24, 2.45) is 5.10 Å². The van der Waals surface area contributed by atoms with Crippen molar-refractivity contribution in [2.45, 2.75) is 6.92 Å². The lowest BCUT2D eigenvalue weighted by atomic mass is 10.1. The number of nitrogens with zero attached hydrogens (tertiary/aromatic N) is 6. The highest BCUT2D eigenvalue weighted by atomic mass is 16.6. The zero-order valence-corrected chi connectivity index (χ0v) is 18.5. The lowest BCUT2D eigenvalue weighted by Gasteiger charge is -2.10. The fourth-order valence-electron chi connectivity index (χ4n) is 3.23. The molecule has 3 N–H and O–H groups in total. The van der Waals surface area contributed by atoms with E-state index < -0.39 is 0 Å². The molecule has 0 aliphatic carbocycles. The molecule has 174 valence electrons. The predicted octanol–water partition coefficient (Wildman–Crippen LogP) is 3.77. The third kappa shape index (κ3) is 4.80. The summed E-state index contributed by atoms with van der Waals surface area (Å²) < 4.78 is 9.75. The predicted molar refractivity (Wildman–Crippen MR) is 128 cm³/mol. The molecule has 0 unspecified atom stereocenters. The molecule has 5 aromatic rings. The first kappa shape index (κ1) is 21.7. The van der Waals surface area contributed by atoms with E-state index in [-0.39, 0.29) is 17.3 Å². The van der Waals surface area contributed by atoms with Gasteiger partial charge in [0, 0.05) is 23.0 Å². The van der Waals surface area contributed by atoms with Gasteiger partial charge >= 0.3 is 5.97 Å². The second kappa shape index (κ2) is 9.79. The van der Waals surface area contributed by atoms with E-state index >= 15 is 0 Å². The number of benzene rings is 2. The lowest BCUT2D eigenvalue weighted by molar-refractivity contribution is 0.0526. The molecule has 12 nitrogen and oxygen atoms in total. The van der Waals surface area contributed by atoms with E-state index in [9.17, 15) is 4.79 Å². The zero-order chi connectivity index (χ0) is 24.0. The number of rotatable bonds is 8. The molecule has 0 bridgehead atoms. The Balaban J connectivity index is 1.38. The van der Waals surface area contributed by atoms with Gasteiger partial charge in [0.1, 0.15) is 5.69 Å². The minimum absolute atomic E-state index is 0.221. The molecule has 0 saturated heterocycles. The van der Waals surface area contributed by atoms with Crippen LogP contribution in [-0.2, 0) is 4.74 Å².